The summed E-state index contributed by atoms with van der Waals surface area (Å²) < 4.78 is 18.4. The predicted octanol–water partition coefficient (Wildman–Crippen LogP) is 3.81. The van der Waals surface area contributed by atoms with Gasteiger partial charge in [0.25, 0.3) is 0 Å². The molecule has 156 valence electrons. The third kappa shape index (κ3) is 4.26. The van der Waals surface area contributed by atoms with Gasteiger partial charge in [-0.3, -0.25) is 9.36 Å². The highest BCUT2D eigenvalue weighted by Crippen LogP contribution is 2.35. The van der Waals surface area contributed by atoms with Gasteiger partial charge in [-0.05, 0) is 18.2 Å². The second kappa shape index (κ2) is 8.59. The Bertz CT molecular complexity index is 1090. The molecule has 0 N–H and O–H groups in total. The number of nitrogens with zero attached hydrogens (tertiary/aromatic N) is 3. The third-order valence-corrected chi connectivity index (χ3v) is 5.08. The summed E-state index contributed by atoms with van der Waals surface area (Å²) in [6, 6.07) is 10.1. The van der Waals surface area contributed by atoms with E-state index in [-0.39, 0.29) is 11.8 Å². The molecule has 8 nitrogen and oxygen atoms in total. The highest BCUT2D eigenvalue weighted by molar-refractivity contribution is 6.37. The van der Waals surface area contributed by atoms with Crippen LogP contribution in [-0.4, -0.2) is 45.3 Å². The number of halogens is 2. The highest BCUT2D eigenvalue weighted by Gasteiger charge is 2.40. The molecule has 1 aliphatic rings. The summed E-state index contributed by atoms with van der Waals surface area (Å²) in [6.45, 7) is 1.32. The van der Waals surface area contributed by atoms with Gasteiger partial charge in [-0.1, -0.05) is 41.4 Å². The van der Waals surface area contributed by atoms with E-state index in [9.17, 15) is 9.59 Å². The van der Waals surface area contributed by atoms with Gasteiger partial charge in [-0.25, -0.2) is 14.8 Å². The van der Waals surface area contributed by atoms with Gasteiger partial charge in [-0.15, -0.1) is 0 Å². The maximum Gasteiger partial charge on any atom is 0.338 e. The van der Waals surface area contributed by atoms with Crippen LogP contribution in [0.2, 0.25) is 10.2 Å². The Hall–Kier alpha value is -2.68. The van der Waals surface area contributed by atoms with Gasteiger partial charge in [-0.2, -0.15) is 0 Å². The van der Waals surface area contributed by atoms with E-state index in [0.717, 1.165) is 0 Å². The molecule has 2 aromatic heterocycles. The molecule has 0 amide bonds. The fourth-order valence-electron chi connectivity index (χ4n) is 3.34. The van der Waals surface area contributed by atoms with Gasteiger partial charge < -0.3 is 14.2 Å². The summed E-state index contributed by atoms with van der Waals surface area (Å²) in [7, 11) is 0. The smallest absolute Gasteiger partial charge is 0.338 e. The number of pyridine rings is 1. The minimum absolute atomic E-state index is 0.00353. The minimum Gasteiger partial charge on any atom is -0.459 e. The summed E-state index contributed by atoms with van der Waals surface area (Å²) in [5, 5.41) is 0.545. The lowest BCUT2D eigenvalue weighted by molar-refractivity contribution is -0.152. The molecule has 1 aromatic carbocycles. The second-order valence-electron chi connectivity index (χ2n) is 6.75. The number of ether oxygens (including phenoxy) is 3. The van der Waals surface area contributed by atoms with Crippen molar-refractivity contribution in [3.05, 3.63) is 58.5 Å². The molecule has 0 radical (unpaired) electrons. The summed E-state index contributed by atoms with van der Waals surface area (Å²) in [4.78, 5) is 32.3. The van der Waals surface area contributed by atoms with E-state index >= 15 is 0 Å². The van der Waals surface area contributed by atoms with Crippen LogP contribution in [0.1, 0.15) is 29.9 Å². The van der Waals surface area contributed by atoms with Crippen molar-refractivity contribution in [1.29, 1.82) is 0 Å². The molecule has 30 heavy (non-hydrogen) atoms. The van der Waals surface area contributed by atoms with Crippen molar-refractivity contribution >= 4 is 46.3 Å². The van der Waals surface area contributed by atoms with E-state index < -0.39 is 30.4 Å². The lowest BCUT2D eigenvalue weighted by atomic mass is 10.2. The largest absolute Gasteiger partial charge is 0.459 e. The monoisotopic (exact) mass is 449 g/mol. The molecule has 0 bridgehead atoms. The molecule has 0 aliphatic carbocycles. The molecule has 10 heteroatoms. The first-order valence-corrected chi connectivity index (χ1v) is 9.91. The molecule has 3 atom stereocenters. The summed E-state index contributed by atoms with van der Waals surface area (Å²) in [6.07, 6.45) is 0.0000238. The summed E-state index contributed by atoms with van der Waals surface area (Å²) in [5.74, 6) is -0.913. The molecule has 0 saturated carbocycles. The van der Waals surface area contributed by atoms with Crippen molar-refractivity contribution in [2.75, 3.05) is 6.61 Å². The third-order valence-electron chi connectivity index (χ3n) is 4.60. The Kier molecular flexibility index (Phi) is 5.90. The van der Waals surface area contributed by atoms with Crippen LogP contribution in [0.3, 0.4) is 0 Å². The van der Waals surface area contributed by atoms with Crippen molar-refractivity contribution in [3.63, 3.8) is 0 Å². The zero-order chi connectivity index (χ0) is 21.3. The predicted molar refractivity (Wildman–Crippen MR) is 108 cm³/mol. The standard InChI is InChI=1S/C20H17Cl2N3O5/c1-11(26)29-15-7-13(9-28-20(27)12-5-3-2-4-6-12)30-19(15)25-10-23-17-14(21)8-16(22)24-18(17)25/h2-6,8,10,13,15,19H,7,9H2,1H3/t13-,15+,19-/m0/s1. The number of hydrogen-bond donors (Lipinski definition) is 0. The van der Waals surface area contributed by atoms with Crippen LogP contribution >= 0.6 is 23.2 Å². The van der Waals surface area contributed by atoms with E-state index in [4.69, 9.17) is 37.4 Å². The SMILES string of the molecule is CC(=O)O[C@@H]1C[C@@H](COC(=O)c2ccccc2)O[C@@H]1n1cnc2c(Cl)cc(Cl)nc21. The lowest BCUT2D eigenvalue weighted by Gasteiger charge is -2.20. The van der Waals surface area contributed by atoms with Crippen molar-refractivity contribution < 1.29 is 23.8 Å². The Balaban J connectivity index is 1.54. The zero-order valence-electron chi connectivity index (χ0n) is 15.8. The quantitative estimate of drug-likeness (QED) is 0.431. The highest BCUT2D eigenvalue weighted by atomic mass is 35.5. The molecular weight excluding hydrogens is 433 g/mol. The van der Waals surface area contributed by atoms with Gasteiger partial charge in [0.1, 0.15) is 23.4 Å². The van der Waals surface area contributed by atoms with Gasteiger partial charge in [0.05, 0.1) is 23.0 Å². The summed E-state index contributed by atoms with van der Waals surface area (Å²) >= 11 is 12.2. The molecule has 1 saturated heterocycles. The number of rotatable bonds is 5. The van der Waals surface area contributed by atoms with E-state index in [2.05, 4.69) is 9.97 Å². The van der Waals surface area contributed by atoms with Crippen molar-refractivity contribution in [1.82, 2.24) is 14.5 Å². The minimum atomic E-state index is -0.721. The fraction of sp³-hybridized carbons (Fsp3) is 0.300. The van der Waals surface area contributed by atoms with E-state index in [1.54, 1.807) is 28.8 Å². The Morgan fingerprint density at radius 3 is 2.77 bits per heavy atom. The van der Waals surface area contributed by atoms with Crippen LogP contribution in [0.5, 0.6) is 0 Å². The average molecular weight is 450 g/mol. The molecule has 1 aliphatic heterocycles. The summed E-state index contributed by atoms with van der Waals surface area (Å²) in [5.41, 5.74) is 1.29. The molecule has 3 aromatic rings. The number of carbonyl (C=O) groups excluding carboxylic acids is 2. The van der Waals surface area contributed by atoms with E-state index in [1.165, 1.54) is 19.3 Å². The van der Waals surface area contributed by atoms with Crippen molar-refractivity contribution in [2.45, 2.75) is 31.8 Å². The van der Waals surface area contributed by atoms with Gasteiger partial charge in [0.2, 0.25) is 0 Å². The molecule has 1 fully saturated rings. The number of fused-ring (bicyclic) bond motifs is 1. The first kappa shape index (κ1) is 20.6. The van der Waals surface area contributed by atoms with Gasteiger partial charge >= 0.3 is 11.9 Å². The maximum absolute atomic E-state index is 12.2. The van der Waals surface area contributed by atoms with Crippen molar-refractivity contribution in [3.8, 4) is 0 Å². The Morgan fingerprint density at radius 2 is 2.03 bits per heavy atom. The molecular formula is C20H17Cl2N3O5. The normalized spacial score (nSPS) is 21.0. The van der Waals surface area contributed by atoms with Gasteiger partial charge in [0.15, 0.2) is 11.9 Å². The molecule has 0 unspecified atom stereocenters. The second-order valence-corrected chi connectivity index (χ2v) is 7.54. The number of esters is 2. The van der Waals surface area contributed by atoms with E-state index in [1.807, 2.05) is 6.07 Å². The number of benzene rings is 1. The number of carbonyl (C=O) groups is 2. The van der Waals surface area contributed by atoms with Crippen LogP contribution < -0.4 is 0 Å². The lowest BCUT2D eigenvalue weighted by Crippen LogP contribution is -2.24. The number of imidazole rings is 1. The Labute approximate surface area is 181 Å². The Morgan fingerprint density at radius 1 is 1.27 bits per heavy atom. The zero-order valence-corrected chi connectivity index (χ0v) is 17.3. The fourth-order valence-corrected chi connectivity index (χ4v) is 3.82. The first-order chi connectivity index (χ1) is 14.4. The van der Waals surface area contributed by atoms with Crippen LogP contribution in [-0.2, 0) is 19.0 Å². The average Bonchev–Trinajstić information content (AvgIpc) is 3.30. The molecule has 3 heterocycles. The molecule has 4 rings (SSSR count). The first-order valence-electron chi connectivity index (χ1n) is 9.16. The van der Waals surface area contributed by atoms with Crippen LogP contribution in [0.4, 0.5) is 0 Å². The molecule has 0 spiro atoms. The maximum atomic E-state index is 12.2. The number of aromatic nitrogens is 3. The van der Waals surface area contributed by atoms with Crippen molar-refractivity contribution in [2.24, 2.45) is 0 Å². The van der Waals surface area contributed by atoms with Crippen LogP contribution in [0.15, 0.2) is 42.7 Å². The van der Waals surface area contributed by atoms with E-state index in [0.29, 0.717) is 28.2 Å². The number of hydrogen-bond acceptors (Lipinski definition) is 7. The van der Waals surface area contributed by atoms with Crippen LogP contribution in [0, 0.1) is 0 Å². The topological polar surface area (TPSA) is 92.5 Å². The van der Waals surface area contributed by atoms with Gasteiger partial charge in [0, 0.05) is 13.3 Å². The van der Waals surface area contributed by atoms with Crippen LogP contribution in [0.25, 0.3) is 11.2 Å².